The number of halogens is 1. The summed E-state index contributed by atoms with van der Waals surface area (Å²) in [5.74, 6) is -2.27. The highest BCUT2D eigenvalue weighted by atomic mass is 19.1. The maximum Gasteiger partial charge on any atom is 0.332 e. The van der Waals surface area contributed by atoms with Crippen LogP contribution in [0.3, 0.4) is 0 Å². The van der Waals surface area contributed by atoms with Crippen LogP contribution in [-0.2, 0) is 4.79 Å². The van der Waals surface area contributed by atoms with Crippen LogP contribution in [0.2, 0.25) is 0 Å². The summed E-state index contributed by atoms with van der Waals surface area (Å²) in [7, 11) is 0. The maximum atomic E-state index is 13.2. The Morgan fingerprint density at radius 1 is 1.43 bits per heavy atom. The molecule has 1 aromatic carbocycles. The second-order valence-corrected chi connectivity index (χ2v) is 4.60. The number of benzene rings is 1. The number of carbonyl (C=O) groups excluding carboxylic acids is 1. The van der Waals surface area contributed by atoms with E-state index in [1.165, 1.54) is 18.2 Å². The number of carboxylic acids is 1. The summed E-state index contributed by atoms with van der Waals surface area (Å²) in [6.07, 6.45) is -1.65. The van der Waals surface area contributed by atoms with E-state index in [2.05, 4.69) is 5.32 Å². The molecule has 21 heavy (non-hydrogen) atoms. The van der Waals surface area contributed by atoms with E-state index >= 15 is 0 Å². The zero-order valence-electron chi connectivity index (χ0n) is 11.2. The predicted octanol–water partition coefficient (Wildman–Crippen LogP) is 1.45. The quantitative estimate of drug-likeness (QED) is 0.775. The fourth-order valence-corrected chi connectivity index (χ4v) is 1.94. The van der Waals surface area contributed by atoms with Gasteiger partial charge in [0, 0.05) is 23.9 Å². The third-order valence-corrected chi connectivity index (χ3v) is 3.09. The van der Waals surface area contributed by atoms with Gasteiger partial charge in [-0.3, -0.25) is 4.79 Å². The number of carbonyl (C=O) groups is 2. The number of fused-ring (bicyclic) bond motifs is 1. The molecule has 0 aliphatic rings. The lowest BCUT2D eigenvalue weighted by molar-refractivity contribution is -0.146. The number of amides is 1. The molecule has 0 saturated carbocycles. The number of rotatable bonds is 5. The number of hydrogen-bond donors (Lipinski definition) is 3. The van der Waals surface area contributed by atoms with Gasteiger partial charge in [-0.25, -0.2) is 9.18 Å². The van der Waals surface area contributed by atoms with Gasteiger partial charge >= 0.3 is 5.97 Å². The summed E-state index contributed by atoms with van der Waals surface area (Å²) in [5, 5.41) is 20.6. The fraction of sp³-hybridized carbons (Fsp3) is 0.286. The first kappa shape index (κ1) is 15.0. The van der Waals surface area contributed by atoms with Gasteiger partial charge in [0.1, 0.15) is 11.4 Å². The molecule has 1 amide bonds. The summed E-state index contributed by atoms with van der Waals surface area (Å²) in [5.41, 5.74) is 0.894. The summed E-state index contributed by atoms with van der Waals surface area (Å²) in [4.78, 5) is 22.4. The van der Waals surface area contributed by atoms with E-state index in [9.17, 15) is 14.0 Å². The topological polar surface area (TPSA) is 99.8 Å². The summed E-state index contributed by atoms with van der Waals surface area (Å²) < 4.78 is 18.5. The lowest BCUT2D eigenvalue weighted by Gasteiger charge is -2.06. The summed E-state index contributed by atoms with van der Waals surface area (Å²) in [6.45, 7) is 1.61. The van der Waals surface area contributed by atoms with Crippen molar-refractivity contribution < 1.29 is 28.6 Å². The molecule has 1 heterocycles. The smallest absolute Gasteiger partial charge is 0.332 e. The summed E-state index contributed by atoms with van der Waals surface area (Å²) >= 11 is 0. The molecule has 7 heteroatoms. The van der Waals surface area contributed by atoms with Crippen LogP contribution < -0.4 is 5.32 Å². The Labute approximate surface area is 119 Å². The van der Waals surface area contributed by atoms with Gasteiger partial charge in [-0.1, -0.05) is 0 Å². The molecular formula is C14H14FNO5. The number of aryl methyl sites for hydroxylation is 1. The van der Waals surface area contributed by atoms with E-state index in [1.807, 2.05) is 0 Å². The number of furan rings is 1. The largest absolute Gasteiger partial charge is 0.479 e. The molecule has 1 unspecified atom stereocenters. The van der Waals surface area contributed by atoms with Gasteiger partial charge in [0.2, 0.25) is 0 Å². The van der Waals surface area contributed by atoms with Crippen LogP contribution >= 0.6 is 0 Å². The van der Waals surface area contributed by atoms with E-state index in [-0.39, 0.29) is 18.7 Å². The SMILES string of the molecule is Cc1c(C(=O)NCCC(O)C(=O)O)oc2ccc(F)cc12. The van der Waals surface area contributed by atoms with Gasteiger partial charge in [0.15, 0.2) is 11.9 Å². The third-order valence-electron chi connectivity index (χ3n) is 3.09. The molecule has 0 fully saturated rings. The van der Waals surface area contributed by atoms with E-state index in [0.717, 1.165) is 0 Å². The highest BCUT2D eigenvalue weighted by Crippen LogP contribution is 2.25. The molecule has 112 valence electrons. The summed E-state index contributed by atoms with van der Waals surface area (Å²) in [6, 6.07) is 3.94. The first-order valence-electron chi connectivity index (χ1n) is 6.28. The number of aliphatic hydroxyl groups is 1. The van der Waals surface area contributed by atoms with Crippen molar-refractivity contribution in [2.24, 2.45) is 0 Å². The number of aliphatic carboxylic acids is 1. The van der Waals surface area contributed by atoms with Crippen LogP contribution in [0.25, 0.3) is 11.0 Å². The van der Waals surface area contributed by atoms with Crippen molar-refractivity contribution in [1.82, 2.24) is 5.32 Å². The van der Waals surface area contributed by atoms with Crippen LogP contribution in [-0.4, -0.2) is 34.7 Å². The second kappa shape index (κ2) is 5.92. The second-order valence-electron chi connectivity index (χ2n) is 4.60. The van der Waals surface area contributed by atoms with Crippen LogP contribution in [0.1, 0.15) is 22.5 Å². The van der Waals surface area contributed by atoms with Gasteiger partial charge in [0.25, 0.3) is 5.91 Å². The molecule has 0 aliphatic carbocycles. The Kier molecular flexibility index (Phi) is 4.23. The number of nitrogens with one attached hydrogen (secondary N) is 1. The number of hydrogen-bond acceptors (Lipinski definition) is 4. The molecule has 1 atom stereocenters. The van der Waals surface area contributed by atoms with Gasteiger partial charge in [-0.2, -0.15) is 0 Å². The molecule has 1 aromatic heterocycles. The first-order valence-corrected chi connectivity index (χ1v) is 6.28. The van der Waals surface area contributed by atoms with E-state index in [4.69, 9.17) is 14.6 Å². The van der Waals surface area contributed by atoms with Crippen molar-refractivity contribution in [2.75, 3.05) is 6.54 Å². The van der Waals surface area contributed by atoms with Crippen LogP contribution in [0.5, 0.6) is 0 Å². The third kappa shape index (κ3) is 3.19. The number of carboxylic acid groups (broad SMARTS) is 1. The minimum Gasteiger partial charge on any atom is -0.479 e. The Morgan fingerprint density at radius 2 is 2.14 bits per heavy atom. The van der Waals surface area contributed by atoms with Crippen molar-refractivity contribution in [2.45, 2.75) is 19.4 Å². The average Bonchev–Trinajstić information content (AvgIpc) is 2.75. The Morgan fingerprint density at radius 3 is 2.81 bits per heavy atom. The Hall–Kier alpha value is -2.41. The lowest BCUT2D eigenvalue weighted by atomic mass is 10.1. The molecule has 2 rings (SSSR count). The highest BCUT2D eigenvalue weighted by Gasteiger charge is 2.19. The minimum atomic E-state index is -1.53. The van der Waals surface area contributed by atoms with E-state index in [0.29, 0.717) is 16.5 Å². The Bertz CT molecular complexity index is 694. The van der Waals surface area contributed by atoms with Crippen molar-refractivity contribution in [1.29, 1.82) is 0 Å². The molecule has 0 aliphatic heterocycles. The lowest BCUT2D eigenvalue weighted by Crippen LogP contribution is -2.30. The van der Waals surface area contributed by atoms with Crippen molar-refractivity contribution in [3.8, 4) is 0 Å². The van der Waals surface area contributed by atoms with Gasteiger partial charge < -0.3 is 19.9 Å². The van der Waals surface area contributed by atoms with Crippen LogP contribution in [0.15, 0.2) is 22.6 Å². The monoisotopic (exact) mass is 295 g/mol. The van der Waals surface area contributed by atoms with Crippen molar-refractivity contribution >= 4 is 22.8 Å². The number of aliphatic hydroxyl groups excluding tert-OH is 1. The molecule has 3 N–H and O–H groups in total. The molecular weight excluding hydrogens is 281 g/mol. The van der Waals surface area contributed by atoms with Gasteiger partial charge in [-0.05, 0) is 25.1 Å². The minimum absolute atomic E-state index is 0.0167. The standard InChI is InChI=1S/C14H14FNO5/c1-7-9-6-8(15)2-3-11(9)21-12(7)13(18)16-5-4-10(17)14(19)20/h2-3,6,10,17H,4-5H2,1H3,(H,16,18)(H,19,20). The van der Waals surface area contributed by atoms with Crippen LogP contribution in [0, 0.1) is 12.7 Å². The zero-order valence-corrected chi connectivity index (χ0v) is 11.2. The first-order chi connectivity index (χ1) is 9.90. The van der Waals surface area contributed by atoms with Gasteiger partial charge in [-0.15, -0.1) is 0 Å². The average molecular weight is 295 g/mol. The fourth-order valence-electron chi connectivity index (χ4n) is 1.94. The Balaban J connectivity index is 2.09. The molecule has 0 radical (unpaired) electrons. The molecule has 0 saturated heterocycles. The normalized spacial score (nSPS) is 12.3. The van der Waals surface area contributed by atoms with E-state index in [1.54, 1.807) is 6.92 Å². The van der Waals surface area contributed by atoms with Crippen LogP contribution in [0.4, 0.5) is 4.39 Å². The zero-order chi connectivity index (χ0) is 15.6. The molecule has 2 aromatic rings. The molecule has 0 spiro atoms. The maximum absolute atomic E-state index is 13.2. The highest BCUT2D eigenvalue weighted by molar-refractivity contribution is 5.98. The molecule has 6 nitrogen and oxygen atoms in total. The van der Waals surface area contributed by atoms with Crippen molar-refractivity contribution in [3.05, 3.63) is 35.3 Å². The van der Waals surface area contributed by atoms with Gasteiger partial charge in [0.05, 0.1) is 0 Å². The predicted molar refractivity (Wildman–Crippen MR) is 71.5 cm³/mol. The molecule has 0 bridgehead atoms. The van der Waals surface area contributed by atoms with E-state index < -0.39 is 23.8 Å². The van der Waals surface area contributed by atoms with Crippen molar-refractivity contribution in [3.63, 3.8) is 0 Å².